The van der Waals surface area contributed by atoms with Gasteiger partial charge in [0.2, 0.25) is 0 Å². The zero-order valence-electron chi connectivity index (χ0n) is 20.5. The van der Waals surface area contributed by atoms with E-state index >= 15 is 0 Å². The minimum atomic E-state index is -0.672. The molecular formula is C28H35N2O4+. The van der Waals surface area contributed by atoms with Crippen LogP contribution in [0.25, 0.3) is 0 Å². The average Bonchev–Trinajstić information content (AvgIpc) is 2.82. The highest BCUT2D eigenvalue weighted by Gasteiger charge is 2.39. The van der Waals surface area contributed by atoms with E-state index in [1.807, 2.05) is 24.5 Å². The number of terminal acetylenes is 2. The van der Waals surface area contributed by atoms with Crippen molar-refractivity contribution in [3.63, 3.8) is 0 Å². The first-order valence-electron chi connectivity index (χ1n) is 11.8. The van der Waals surface area contributed by atoms with Gasteiger partial charge >= 0.3 is 11.9 Å². The molecule has 0 atom stereocenters. The summed E-state index contributed by atoms with van der Waals surface area (Å²) >= 11 is 0. The normalized spacial score (nSPS) is 13.7. The van der Waals surface area contributed by atoms with Crippen LogP contribution in [-0.4, -0.2) is 25.2 Å². The number of nitrogens with one attached hydrogen (secondary N) is 1. The van der Waals surface area contributed by atoms with Crippen molar-refractivity contribution in [2.24, 2.45) is 0 Å². The summed E-state index contributed by atoms with van der Waals surface area (Å²) in [5.74, 6) is 2.80. The monoisotopic (exact) mass is 463 g/mol. The van der Waals surface area contributed by atoms with E-state index in [9.17, 15) is 9.59 Å². The molecule has 0 saturated carbocycles. The van der Waals surface area contributed by atoms with Gasteiger partial charge in [-0.05, 0) is 26.3 Å². The van der Waals surface area contributed by atoms with E-state index in [1.165, 1.54) is 25.7 Å². The zero-order valence-corrected chi connectivity index (χ0v) is 20.5. The van der Waals surface area contributed by atoms with Crippen molar-refractivity contribution in [1.29, 1.82) is 0 Å². The maximum atomic E-state index is 13.0. The number of esters is 2. The number of aromatic nitrogens is 1. The lowest BCUT2D eigenvalue weighted by Gasteiger charge is -2.29. The second kappa shape index (κ2) is 13.9. The summed E-state index contributed by atoms with van der Waals surface area (Å²) in [5.41, 5.74) is 2.64. The third kappa shape index (κ3) is 7.25. The summed E-state index contributed by atoms with van der Waals surface area (Å²) in [5, 5.41) is 3.11. The predicted molar refractivity (Wildman–Crippen MR) is 131 cm³/mol. The van der Waals surface area contributed by atoms with Crippen molar-refractivity contribution in [2.45, 2.75) is 71.8 Å². The molecule has 0 unspecified atom stereocenters. The van der Waals surface area contributed by atoms with E-state index in [1.54, 1.807) is 13.8 Å². The highest BCUT2D eigenvalue weighted by Crippen LogP contribution is 2.38. The SMILES string of the molecule is C#CCOC(=O)C1=C(C)NC(C)=C(C(=O)OCC#C)C1c1ccc[n+](CCCCCCCC)c1. The Balaban J connectivity index is 2.38. The number of ether oxygens (including phenoxy) is 2. The van der Waals surface area contributed by atoms with E-state index in [2.05, 4.69) is 28.6 Å². The second-order valence-corrected chi connectivity index (χ2v) is 8.34. The molecule has 0 saturated heterocycles. The Labute approximate surface area is 203 Å². The third-order valence-electron chi connectivity index (χ3n) is 5.76. The van der Waals surface area contributed by atoms with Gasteiger partial charge in [0.05, 0.1) is 17.1 Å². The first kappa shape index (κ1) is 26.7. The number of rotatable bonds is 12. The average molecular weight is 464 g/mol. The Bertz CT molecular complexity index is 972. The molecule has 1 aromatic rings. The van der Waals surface area contributed by atoms with Crippen molar-refractivity contribution >= 4 is 11.9 Å². The standard InChI is InChI=1S/C28H34N2O4/c1-6-9-10-11-12-13-16-30-17-14-15-23(20-30)26-24(27(31)33-18-7-2)21(4)29-22(5)25(26)28(32)34-19-8-3/h2-3,14-15,17,20,26H,6,9-13,16,18-19H2,1,4-5H3/p+1. The fraction of sp³-hybridized carbons (Fsp3) is 0.464. The quantitative estimate of drug-likeness (QED) is 0.220. The second-order valence-electron chi connectivity index (χ2n) is 8.34. The van der Waals surface area contributed by atoms with Gasteiger partial charge in [-0.3, -0.25) is 0 Å². The van der Waals surface area contributed by atoms with Crippen molar-refractivity contribution in [2.75, 3.05) is 13.2 Å². The van der Waals surface area contributed by atoms with Gasteiger partial charge in [-0.1, -0.05) is 44.4 Å². The number of nitrogens with zero attached hydrogens (tertiary/aromatic N) is 1. The molecule has 0 aromatic carbocycles. The van der Waals surface area contributed by atoms with Gasteiger partial charge in [-0.2, -0.15) is 0 Å². The van der Waals surface area contributed by atoms with Crippen LogP contribution in [0.15, 0.2) is 47.1 Å². The Morgan fingerprint density at radius 3 is 2.09 bits per heavy atom. The first-order valence-corrected chi connectivity index (χ1v) is 11.8. The van der Waals surface area contributed by atoms with Crippen LogP contribution in [0.1, 0.15) is 70.8 Å². The molecule has 1 aromatic heterocycles. The minimum absolute atomic E-state index is 0.158. The summed E-state index contributed by atoms with van der Waals surface area (Å²) in [4.78, 5) is 26.0. The smallest absolute Gasteiger partial charge is 0.337 e. The number of dihydropyridines is 1. The fourth-order valence-electron chi connectivity index (χ4n) is 4.17. The van der Waals surface area contributed by atoms with Crippen molar-refractivity contribution < 1.29 is 23.6 Å². The van der Waals surface area contributed by atoms with Gasteiger partial charge in [0, 0.05) is 29.4 Å². The molecule has 2 rings (SSSR count). The van der Waals surface area contributed by atoms with Crippen LogP contribution in [0.2, 0.25) is 0 Å². The highest BCUT2D eigenvalue weighted by molar-refractivity contribution is 5.99. The highest BCUT2D eigenvalue weighted by atomic mass is 16.5. The number of carbonyl (C=O) groups excluding carboxylic acids is 2. The number of aryl methyl sites for hydroxylation is 1. The largest absolute Gasteiger partial charge is 0.449 e. The minimum Gasteiger partial charge on any atom is -0.449 e. The molecular weight excluding hydrogens is 428 g/mol. The molecule has 1 aliphatic heterocycles. The number of hydrogen-bond donors (Lipinski definition) is 1. The molecule has 0 amide bonds. The summed E-state index contributed by atoms with van der Waals surface area (Å²) in [6, 6.07) is 3.82. The van der Waals surface area contributed by atoms with E-state index < -0.39 is 17.9 Å². The lowest BCUT2D eigenvalue weighted by molar-refractivity contribution is -0.697. The zero-order chi connectivity index (χ0) is 24.9. The fourth-order valence-corrected chi connectivity index (χ4v) is 4.17. The molecule has 34 heavy (non-hydrogen) atoms. The lowest BCUT2D eigenvalue weighted by Crippen LogP contribution is -2.36. The number of allylic oxidation sites excluding steroid dienone is 2. The Kier molecular flexibility index (Phi) is 10.9. The molecule has 0 aliphatic carbocycles. The van der Waals surface area contributed by atoms with Crippen LogP contribution >= 0.6 is 0 Å². The molecule has 1 N–H and O–H groups in total. The molecule has 0 radical (unpaired) electrons. The molecule has 0 fully saturated rings. The summed E-state index contributed by atoms with van der Waals surface area (Å²) < 4.78 is 12.6. The van der Waals surface area contributed by atoms with Crippen LogP contribution < -0.4 is 9.88 Å². The number of carbonyl (C=O) groups is 2. The van der Waals surface area contributed by atoms with Gasteiger partial charge < -0.3 is 14.8 Å². The van der Waals surface area contributed by atoms with Crippen LogP contribution in [0, 0.1) is 24.7 Å². The summed E-state index contributed by atoms with van der Waals surface area (Å²) in [6.07, 6.45) is 21.7. The predicted octanol–water partition coefficient (Wildman–Crippen LogP) is 3.92. The van der Waals surface area contributed by atoms with E-state index in [-0.39, 0.29) is 13.2 Å². The van der Waals surface area contributed by atoms with Crippen molar-refractivity contribution in [3.8, 4) is 24.7 Å². The van der Waals surface area contributed by atoms with Gasteiger partial charge in [0.1, 0.15) is 6.54 Å². The van der Waals surface area contributed by atoms with Crippen LogP contribution in [0.3, 0.4) is 0 Å². The maximum absolute atomic E-state index is 13.0. The molecule has 0 bridgehead atoms. The molecule has 1 aliphatic rings. The van der Waals surface area contributed by atoms with Gasteiger partial charge in [0.25, 0.3) is 0 Å². The van der Waals surface area contributed by atoms with E-state index in [0.717, 1.165) is 24.9 Å². The number of unbranched alkanes of at least 4 members (excludes halogenated alkanes) is 5. The van der Waals surface area contributed by atoms with Crippen molar-refractivity contribution in [1.82, 2.24) is 5.32 Å². The Morgan fingerprint density at radius 2 is 1.53 bits per heavy atom. The third-order valence-corrected chi connectivity index (χ3v) is 5.76. The first-order chi connectivity index (χ1) is 16.4. The number of hydrogen-bond acceptors (Lipinski definition) is 5. The van der Waals surface area contributed by atoms with Crippen LogP contribution in [0.4, 0.5) is 0 Å². The van der Waals surface area contributed by atoms with E-state index in [4.69, 9.17) is 22.3 Å². The topological polar surface area (TPSA) is 68.5 Å². The summed E-state index contributed by atoms with van der Waals surface area (Å²) in [6.45, 7) is 6.30. The van der Waals surface area contributed by atoms with Gasteiger partial charge in [0.15, 0.2) is 25.6 Å². The molecule has 180 valence electrons. The molecule has 0 spiro atoms. The van der Waals surface area contributed by atoms with E-state index in [0.29, 0.717) is 22.5 Å². The molecule has 2 heterocycles. The molecule has 6 heteroatoms. The Morgan fingerprint density at radius 1 is 0.971 bits per heavy atom. The number of pyridine rings is 1. The Hall–Kier alpha value is -3.51. The van der Waals surface area contributed by atoms with Gasteiger partial charge in [-0.15, -0.1) is 12.8 Å². The van der Waals surface area contributed by atoms with Gasteiger partial charge in [-0.25, -0.2) is 14.2 Å². The lowest BCUT2D eigenvalue weighted by atomic mass is 9.81. The molecule has 6 nitrogen and oxygen atoms in total. The summed E-state index contributed by atoms with van der Waals surface area (Å²) in [7, 11) is 0. The van der Waals surface area contributed by atoms with Crippen LogP contribution in [-0.2, 0) is 25.6 Å². The maximum Gasteiger partial charge on any atom is 0.337 e. The van der Waals surface area contributed by atoms with Crippen LogP contribution in [0.5, 0.6) is 0 Å². The van der Waals surface area contributed by atoms with Crippen molar-refractivity contribution in [3.05, 3.63) is 52.6 Å².